The van der Waals surface area contributed by atoms with Crippen LogP contribution in [0, 0.1) is 0 Å². The summed E-state index contributed by atoms with van der Waals surface area (Å²) in [6, 6.07) is 5.88. The number of aromatic hydroxyl groups is 1. The third kappa shape index (κ3) is 25.2. The quantitative estimate of drug-likeness (QED) is 0.0540. The Labute approximate surface area is 276 Å². The van der Waals surface area contributed by atoms with E-state index in [2.05, 4.69) is 32.4 Å². The van der Waals surface area contributed by atoms with Gasteiger partial charge in [0.15, 0.2) is 0 Å². The number of phenolic OH excluding ortho intramolecular Hbond substituents is 1. The van der Waals surface area contributed by atoms with Gasteiger partial charge in [-0.2, -0.15) is 0 Å². The largest absolute Gasteiger partial charge is 0.508 e. The van der Waals surface area contributed by atoms with Crippen LogP contribution in [0.4, 0.5) is 0 Å². The normalized spacial score (nSPS) is 11.7. The second kappa shape index (κ2) is 31.9. The van der Waals surface area contributed by atoms with Crippen molar-refractivity contribution in [2.75, 3.05) is 31.8 Å². The van der Waals surface area contributed by atoms with Crippen molar-refractivity contribution < 1.29 is 14.6 Å². The first kappa shape index (κ1) is 42.9. The van der Waals surface area contributed by atoms with Crippen molar-refractivity contribution in [1.29, 1.82) is 0 Å². The van der Waals surface area contributed by atoms with Crippen molar-refractivity contribution in [2.45, 2.75) is 182 Å². The zero-order valence-electron chi connectivity index (χ0n) is 30.4. The molecular weight excluding hydrogens is 559 g/mol. The predicted octanol–water partition coefficient (Wildman–Crippen LogP) is 13.4. The molecule has 4 heteroatoms. The number of carbonyl (C=O) groups excluding carboxylic acids is 1. The fraction of sp³-hybridized carbons (Fsp3) is 0.825. The Bertz CT molecular complexity index is 701. The summed E-state index contributed by atoms with van der Waals surface area (Å²) in [6.45, 7) is 9.42. The molecule has 1 rings (SSSR count). The minimum absolute atomic E-state index is 0.137. The molecule has 0 heterocycles. The Balaban J connectivity index is 0.00000139. The molecule has 0 radical (unpaired) electrons. The zero-order valence-corrected chi connectivity index (χ0v) is 31.4. The van der Waals surface area contributed by atoms with Gasteiger partial charge in [-0.15, -0.1) is 0 Å². The summed E-state index contributed by atoms with van der Waals surface area (Å²) in [5.41, 5.74) is 0.435. The second-order valence-electron chi connectivity index (χ2n) is 13.6. The molecule has 0 spiro atoms. The maximum atomic E-state index is 10.8. The molecule has 0 fully saturated rings. The Morgan fingerprint density at radius 3 is 1.07 bits per heavy atom. The smallest absolute Gasteiger partial charge is 0.337 e. The van der Waals surface area contributed by atoms with Crippen LogP contribution in [0.1, 0.15) is 192 Å². The first-order chi connectivity index (χ1) is 21.5. The summed E-state index contributed by atoms with van der Waals surface area (Å²) in [7, 11) is 0.272. The van der Waals surface area contributed by atoms with E-state index in [0.717, 1.165) is 0 Å². The van der Waals surface area contributed by atoms with E-state index in [9.17, 15) is 4.79 Å². The molecule has 1 aromatic rings. The Morgan fingerprint density at radius 1 is 0.500 bits per heavy atom. The van der Waals surface area contributed by atoms with Crippen LogP contribution in [0.15, 0.2) is 24.3 Å². The van der Waals surface area contributed by atoms with Gasteiger partial charge in [-0.1, -0.05) is 13.3 Å². The van der Waals surface area contributed by atoms with E-state index in [1.165, 1.54) is 160 Å². The van der Waals surface area contributed by atoms with Crippen LogP contribution in [-0.2, 0) is 4.74 Å². The van der Waals surface area contributed by atoms with Crippen LogP contribution >= 0.6 is 7.26 Å². The van der Waals surface area contributed by atoms with Crippen LogP contribution < -0.4 is 0 Å². The van der Waals surface area contributed by atoms with E-state index in [-0.39, 0.29) is 5.75 Å². The Hall–Kier alpha value is -1.08. The van der Waals surface area contributed by atoms with Gasteiger partial charge in [-0.3, -0.25) is 0 Å². The molecule has 0 bridgehead atoms. The minimum atomic E-state index is -1.04. The van der Waals surface area contributed by atoms with Crippen molar-refractivity contribution in [2.24, 2.45) is 0 Å². The molecule has 0 amide bonds. The van der Waals surface area contributed by atoms with E-state index in [0.29, 0.717) is 5.56 Å². The van der Waals surface area contributed by atoms with Gasteiger partial charge in [0.2, 0.25) is 0 Å². The topological polar surface area (TPSA) is 46.5 Å². The summed E-state index contributed by atoms with van der Waals surface area (Å²) >= 11 is 0. The van der Waals surface area contributed by atoms with Crippen LogP contribution in [0.2, 0.25) is 0 Å². The number of ether oxygens (including phenoxy) is 1. The SMILES string of the molecule is CCCCCCCCCCCCCC[PH](CCCCCC)(CCCCCC)CCCCCC.COC(=O)c1ccc(O)cc1. The maximum Gasteiger partial charge on any atom is 0.337 e. The van der Waals surface area contributed by atoms with Crippen molar-refractivity contribution in [1.82, 2.24) is 0 Å². The van der Waals surface area contributed by atoms with Crippen LogP contribution in [0.5, 0.6) is 5.75 Å². The molecule has 0 saturated carbocycles. The third-order valence-electron chi connectivity index (χ3n) is 9.53. The standard InChI is InChI=1S/C32H69P.C8H8O3/c1-5-9-13-17-18-19-20-21-22-23-24-28-32-33(29-25-14-10-6-2,30-26-15-11-7-3)31-27-16-12-8-4;1-11-8(10)6-2-4-7(9)5-3-6/h33H,5-32H2,1-4H3;2-5,9H,1H3. The maximum absolute atomic E-state index is 10.8. The van der Waals surface area contributed by atoms with Gasteiger partial charge in [-0.25, -0.2) is 4.79 Å². The number of phenols is 1. The molecule has 3 nitrogen and oxygen atoms in total. The molecular formula is C40H77O3P. The van der Waals surface area contributed by atoms with Gasteiger partial charge in [0, 0.05) is 0 Å². The molecule has 44 heavy (non-hydrogen) atoms. The first-order valence-corrected chi connectivity index (χ1v) is 22.2. The fourth-order valence-corrected chi connectivity index (χ4v) is 12.1. The number of hydrogen-bond acceptors (Lipinski definition) is 3. The number of unbranched alkanes of at least 4 members (excludes halogenated alkanes) is 20. The molecule has 0 aliphatic heterocycles. The van der Waals surface area contributed by atoms with Crippen molar-refractivity contribution in [3.63, 3.8) is 0 Å². The Kier molecular flexibility index (Phi) is 31.1. The molecule has 0 saturated heterocycles. The molecule has 0 aliphatic carbocycles. The number of methoxy groups -OCH3 is 1. The molecule has 260 valence electrons. The third-order valence-corrected chi connectivity index (χ3v) is 15.2. The molecule has 1 N–H and O–H groups in total. The van der Waals surface area contributed by atoms with Gasteiger partial charge in [0.1, 0.15) is 5.75 Å². The predicted molar refractivity (Wildman–Crippen MR) is 201 cm³/mol. The Morgan fingerprint density at radius 2 is 0.773 bits per heavy atom. The van der Waals surface area contributed by atoms with E-state index >= 15 is 0 Å². The van der Waals surface area contributed by atoms with Gasteiger partial charge >= 0.3 is 206 Å². The second-order valence-corrected chi connectivity index (χ2v) is 18.6. The average Bonchev–Trinajstić information content (AvgIpc) is 3.04. The van der Waals surface area contributed by atoms with E-state index in [4.69, 9.17) is 5.11 Å². The number of rotatable bonds is 29. The van der Waals surface area contributed by atoms with E-state index in [1.54, 1.807) is 50.3 Å². The zero-order chi connectivity index (χ0) is 32.6. The summed E-state index contributed by atoms with van der Waals surface area (Å²) in [5, 5.41) is 8.86. The number of benzene rings is 1. The molecule has 0 aromatic heterocycles. The van der Waals surface area contributed by atoms with Crippen LogP contribution in [-0.4, -0.2) is 42.8 Å². The van der Waals surface area contributed by atoms with Crippen LogP contribution in [0.3, 0.4) is 0 Å². The number of hydrogen-bond donors (Lipinski definition) is 1. The minimum Gasteiger partial charge on any atom is -0.508 e. The van der Waals surface area contributed by atoms with Gasteiger partial charge in [0.25, 0.3) is 0 Å². The molecule has 1 aromatic carbocycles. The monoisotopic (exact) mass is 637 g/mol. The fourth-order valence-electron chi connectivity index (χ4n) is 6.59. The number of esters is 1. The van der Waals surface area contributed by atoms with Crippen molar-refractivity contribution in [3.8, 4) is 5.75 Å². The summed E-state index contributed by atoms with van der Waals surface area (Å²) in [6.07, 6.45) is 42.3. The molecule has 0 unspecified atom stereocenters. The summed E-state index contributed by atoms with van der Waals surface area (Å²) in [4.78, 5) is 10.8. The molecule has 0 atom stereocenters. The van der Waals surface area contributed by atoms with Gasteiger partial charge in [0.05, 0.1) is 12.7 Å². The summed E-state index contributed by atoms with van der Waals surface area (Å²) < 4.78 is 4.46. The van der Waals surface area contributed by atoms with Gasteiger partial charge in [-0.05, 0) is 24.3 Å². The van der Waals surface area contributed by atoms with E-state index < -0.39 is 13.2 Å². The van der Waals surface area contributed by atoms with E-state index in [1.807, 2.05) is 0 Å². The molecule has 0 aliphatic rings. The summed E-state index contributed by atoms with van der Waals surface area (Å²) in [5.74, 6) is -0.261. The van der Waals surface area contributed by atoms with Crippen LogP contribution in [0.25, 0.3) is 0 Å². The first-order valence-electron chi connectivity index (χ1n) is 19.4. The van der Waals surface area contributed by atoms with Gasteiger partial charge < -0.3 is 9.84 Å². The number of carbonyl (C=O) groups is 1. The van der Waals surface area contributed by atoms with Crippen molar-refractivity contribution in [3.05, 3.63) is 29.8 Å². The van der Waals surface area contributed by atoms with Crippen molar-refractivity contribution >= 4 is 13.2 Å². The average molecular weight is 637 g/mol.